The van der Waals surface area contributed by atoms with Crippen molar-refractivity contribution in [1.29, 1.82) is 0 Å². The van der Waals surface area contributed by atoms with Crippen molar-refractivity contribution >= 4 is 17.4 Å². The van der Waals surface area contributed by atoms with Gasteiger partial charge in [0.2, 0.25) is 5.82 Å². The summed E-state index contributed by atoms with van der Waals surface area (Å²) in [5, 5.41) is 5.68. The molecule has 0 bridgehead atoms. The summed E-state index contributed by atoms with van der Waals surface area (Å²) < 4.78 is 41.4. The third kappa shape index (κ3) is 3.71. The molecule has 1 amide bonds. The molecule has 2 heterocycles. The number of benzene rings is 1. The van der Waals surface area contributed by atoms with Crippen LogP contribution in [0.15, 0.2) is 41.2 Å². The second kappa shape index (κ2) is 6.19. The van der Waals surface area contributed by atoms with Crippen LogP contribution in [-0.4, -0.2) is 26.0 Å². The van der Waals surface area contributed by atoms with E-state index in [0.29, 0.717) is 11.3 Å². The molecule has 0 saturated heterocycles. The molecule has 0 fully saturated rings. The normalized spacial score (nSPS) is 11.3. The minimum absolute atomic E-state index is 0.0373. The molecule has 0 spiro atoms. The molecule has 0 atom stereocenters. The largest absolute Gasteiger partial charge is 0.471 e. The summed E-state index contributed by atoms with van der Waals surface area (Å²) in [5.74, 6) is -2.19. The first-order valence-electron chi connectivity index (χ1n) is 6.73. The Morgan fingerprint density at radius 2 is 1.84 bits per heavy atom. The molecule has 128 valence electrons. The summed E-state index contributed by atoms with van der Waals surface area (Å²) in [6, 6.07) is 6.20. The van der Waals surface area contributed by atoms with E-state index < -0.39 is 18.0 Å². The van der Waals surface area contributed by atoms with Crippen LogP contribution >= 0.6 is 0 Å². The Balaban J connectivity index is 1.73. The van der Waals surface area contributed by atoms with Crippen LogP contribution in [0.3, 0.4) is 0 Å². The van der Waals surface area contributed by atoms with Gasteiger partial charge in [0.25, 0.3) is 5.91 Å². The van der Waals surface area contributed by atoms with Gasteiger partial charge in [0.1, 0.15) is 5.69 Å². The molecule has 0 radical (unpaired) electrons. The Bertz CT molecular complexity index is 890. The zero-order chi connectivity index (χ0) is 18.0. The van der Waals surface area contributed by atoms with Crippen molar-refractivity contribution in [2.24, 2.45) is 0 Å². The van der Waals surface area contributed by atoms with E-state index in [4.69, 9.17) is 5.73 Å². The highest BCUT2D eigenvalue weighted by atomic mass is 19.4. The lowest BCUT2D eigenvalue weighted by Gasteiger charge is -2.04. The number of carbonyl (C=O) groups is 1. The van der Waals surface area contributed by atoms with Gasteiger partial charge in [0, 0.05) is 11.3 Å². The molecule has 8 nitrogen and oxygen atoms in total. The van der Waals surface area contributed by atoms with Crippen molar-refractivity contribution in [2.45, 2.75) is 6.18 Å². The third-order valence-corrected chi connectivity index (χ3v) is 2.96. The first kappa shape index (κ1) is 16.4. The van der Waals surface area contributed by atoms with Crippen LogP contribution in [0.25, 0.3) is 11.5 Å². The lowest BCUT2D eigenvalue weighted by Crippen LogP contribution is -2.13. The molecule has 3 N–H and O–H groups in total. The van der Waals surface area contributed by atoms with Crippen LogP contribution in [-0.2, 0) is 6.18 Å². The molecule has 25 heavy (non-hydrogen) atoms. The second-order valence-corrected chi connectivity index (χ2v) is 4.78. The van der Waals surface area contributed by atoms with Crippen molar-refractivity contribution in [3.8, 4) is 11.5 Å². The van der Waals surface area contributed by atoms with Gasteiger partial charge in [-0.2, -0.15) is 18.2 Å². The van der Waals surface area contributed by atoms with Crippen molar-refractivity contribution < 1.29 is 22.5 Å². The van der Waals surface area contributed by atoms with E-state index in [1.165, 1.54) is 12.1 Å². The number of anilines is 2. The maximum Gasteiger partial charge on any atom is 0.471 e. The summed E-state index contributed by atoms with van der Waals surface area (Å²) in [4.78, 5) is 22.9. The Hall–Kier alpha value is -3.50. The summed E-state index contributed by atoms with van der Waals surface area (Å²) >= 11 is 0. The predicted molar refractivity (Wildman–Crippen MR) is 79.1 cm³/mol. The monoisotopic (exact) mass is 350 g/mol. The maximum absolute atomic E-state index is 12.4. The number of nitrogens with two attached hydrogens (primary N) is 1. The van der Waals surface area contributed by atoms with Crippen LogP contribution in [0, 0.1) is 0 Å². The summed E-state index contributed by atoms with van der Waals surface area (Å²) in [6.07, 6.45) is -2.47. The maximum atomic E-state index is 12.4. The number of hydrogen-bond donors (Lipinski definition) is 2. The number of alkyl halides is 3. The lowest BCUT2D eigenvalue weighted by molar-refractivity contribution is -0.159. The van der Waals surface area contributed by atoms with Crippen LogP contribution in [0.5, 0.6) is 0 Å². The fraction of sp³-hybridized carbons (Fsp3) is 0.0714. The smallest absolute Gasteiger partial charge is 0.399 e. The zero-order valence-corrected chi connectivity index (χ0v) is 12.3. The van der Waals surface area contributed by atoms with Gasteiger partial charge in [0.05, 0.1) is 12.4 Å². The van der Waals surface area contributed by atoms with Crippen LogP contribution in [0.4, 0.5) is 24.7 Å². The molecule has 1 aromatic carbocycles. The van der Waals surface area contributed by atoms with Crippen LogP contribution < -0.4 is 11.1 Å². The van der Waals surface area contributed by atoms with E-state index in [1.807, 2.05) is 0 Å². The highest BCUT2D eigenvalue weighted by Gasteiger charge is 2.38. The summed E-state index contributed by atoms with van der Waals surface area (Å²) in [5.41, 5.74) is 6.37. The van der Waals surface area contributed by atoms with E-state index in [1.54, 1.807) is 12.1 Å². The molecule has 3 aromatic rings. The van der Waals surface area contributed by atoms with Gasteiger partial charge in [-0.1, -0.05) is 5.16 Å². The molecule has 2 aromatic heterocycles. The molecule has 0 aliphatic carbocycles. The minimum Gasteiger partial charge on any atom is -0.399 e. The van der Waals surface area contributed by atoms with Gasteiger partial charge in [-0.05, 0) is 24.3 Å². The zero-order valence-electron chi connectivity index (χ0n) is 12.3. The van der Waals surface area contributed by atoms with E-state index >= 15 is 0 Å². The Morgan fingerprint density at radius 3 is 2.40 bits per heavy atom. The predicted octanol–water partition coefficient (Wildman–Crippen LogP) is 2.38. The Morgan fingerprint density at radius 1 is 1.12 bits per heavy atom. The average molecular weight is 350 g/mol. The van der Waals surface area contributed by atoms with Crippen molar-refractivity contribution in [2.75, 3.05) is 11.1 Å². The fourth-order valence-corrected chi connectivity index (χ4v) is 1.77. The topological polar surface area (TPSA) is 120 Å². The van der Waals surface area contributed by atoms with Gasteiger partial charge in [-0.25, -0.2) is 9.97 Å². The van der Waals surface area contributed by atoms with Crippen molar-refractivity contribution in [3.05, 3.63) is 48.1 Å². The van der Waals surface area contributed by atoms with Crippen LogP contribution in [0.2, 0.25) is 0 Å². The van der Waals surface area contributed by atoms with Gasteiger partial charge in [0.15, 0.2) is 5.82 Å². The molecular formula is C14H9F3N6O2. The second-order valence-electron chi connectivity index (χ2n) is 4.78. The van der Waals surface area contributed by atoms with E-state index in [2.05, 4.69) is 29.9 Å². The Kier molecular flexibility index (Phi) is 4.05. The van der Waals surface area contributed by atoms with Crippen molar-refractivity contribution in [3.63, 3.8) is 0 Å². The fourth-order valence-electron chi connectivity index (χ4n) is 1.77. The minimum atomic E-state index is -4.74. The molecule has 0 saturated carbocycles. The number of halogens is 3. The molecule has 3 rings (SSSR count). The van der Waals surface area contributed by atoms with E-state index in [9.17, 15) is 18.0 Å². The number of nitrogen functional groups attached to an aromatic ring is 1. The lowest BCUT2D eigenvalue weighted by atomic mass is 10.2. The van der Waals surface area contributed by atoms with Gasteiger partial charge >= 0.3 is 12.1 Å². The molecular weight excluding hydrogens is 341 g/mol. The number of carbonyl (C=O) groups excluding carboxylic acids is 1. The number of nitrogens with zero attached hydrogens (tertiary/aromatic N) is 4. The Labute approximate surface area is 137 Å². The molecule has 11 heteroatoms. The molecule has 0 unspecified atom stereocenters. The average Bonchev–Trinajstić information content (AvgIpc) is 3.06. The molecule has 0 aliphatic heterocycles. The number of hydrogen-bond acceptors (Lipinski definition) is 7. The summed E-state index contributed by atoms with van der Waals surface area (Å²) in [7, 11) is 0. The highest BCUT2D eigenvalue weighted by Crippen LogP contribution is 2.28. The van der Waals surface area contributed by atoms with Crippen LogP contribution in [0.1, 0.15) is 16.2 Å². The first-order valence-corrected chi connectivity index (χ1v) is 6.73. The van der Waals surface area contributed by atoms with Gasteiger partial charge in [-0.3, -0.25) is 4.79 Å². The third-order valence-electron chi connectivity index (χ3n) is 2.96. The number of amides is 1. The van der Waals surface area contributed by atoms with Crippen molar-refractivity contribution in [1.82, 2.24) is 20.1 Å². The van der Waals surface area contributed by atoms with Gasteiger partial charge in [-0.15, -0.1) is 0 Å². The standard InChI is InChI=1S/C14H9F3N6O2/c15-14(16,17)13-22-11(23-25-13)9-5-20-10(6-19-9)21-12(24)7-1-3-8(18)4-2-7/h1-6H,18H2,(H,20,21,24). The highest BCUT2D eigenvalue weighted by molar-refractivity contribution is 6.03. The first-order chi connectivity index (χ1) is 11.8. The van der Waals surface area contributed by atoms with E-state index in [0.717, 1.165) is 12.4 Å². The van der Waals surface area contributed by atoms with Gasteiger partial charge < -0.3 is 15.6 Å². The van der Waals surface area contributed by atoms with E-state index in [-0.39, 0.29) is 17.3 Å². The number of rotatable bonds is 3. The SMILES string of the molecule is Nc1ccc(C(=O)Nc2cnc(-c3noc(C(F)(F)F)n3)cn2)cc1. The number of aromatic nitrogens is 4. The number of nitrogens with one attached hydrogen (secondary N) is 1. The quantitative estimate of drug-likeness (QED) is 0.696. The summed E-state index contributed by atoms with van der Waals surface area (Å²) in [6.45, 7) is 0. The molecule has 0 aliphatic rings.